The van der Waals surface area contributed by atoms with Crippen molar-refractivity contribution >= 4 is 17.2 Å². The molecule has 0 saturated heterocycles. The van der Waals surface area contributed by atoms with Gasteiger partial charge in [-0.3, -0.25) is 9.48 Å². The monoisotopic (exact) mass is 332 g/mol. The maximum absolute atomic E-state index is 12.7. The quantitative estimate of drug-likeness (QED) is 0.928. The molecular weight excluding hydrogens is 308 g/mol. The van der Waals surface area contributed by atoms with E-state index in [1.807, 2.05) is 32.5 Å². The van der Waals surface area contributed by atoms with Gasteiger partial charge in [-0.2, -0.15) is 5.10 Å². The first kappa shape index (κ1) is 16.2. The number of aromatic nitrogens is 3. The third-order valence-electron chi connectivity index (χ3n) is 4.52. The fourth-order valence-corrected chi connectivity index (χ4v) is 3.99. The molecule has 1 aliphatic carbocycles. The Morgan fingerprint density at radius 1 is 1.39 bits per heavy atom. The first-order chi connectivity index (χ1) is 11.0. The summed E-state index contributed by atoms with van der Waals surface area (Å²) < 4.78 is 1.76. The lowest BCUT2D eigenvalue weighted by Crippen LogP contribution is -2.28. The third kappa shape index (κ3) is 3.63. The Morgan fingerprint density at radius 2 is 2.13 bits per heavy atom. The van der Waals surface area contributed by atoms with Gasteiger partial charge >= 0.3 is 0 Å². The Hall–Kier alpha value is -1.69. The van der Waals surface area contributed by atoms with Crippen molar-refractivity contribution in [2.24, 2.45) is 7.05 Å². The van der Waals surface area contributed by atoms with Gasteiger partial charge in [-0.25, -0.2) is 4.98 Å². The first-order valence-corrected chi connectivity index (χ1v) is 9.19. The molecule has 0 radical (unpaired) electrons. The van der Waals surface area contributed by atoms with E-state index < -0.39 is 0 Å². The smallest absolute Gasteiger partial charge is 0.255 e. The van der Waals surface area contributed by atoms with Crippen molar-refractivity contribution in [3.63, 3.8) is 0 Å². The lowest BCUT2D eigenvalue weighted by atomic mass is 9.85. The standard InChI is InChI=1S/C17H24N4OS/c1-11(15-10-23-12(2)19-15)18-17(22)14-9-21(3)20-16(14)13-7-5-4-6-8-13/h9-11,13H,4-8H2,1-3H3,(H,18,22). The summed E-state index contributed by atoms with van der Waals surface area (Å²) in [5.41, 5.74) is 2.61. The molecule has 0 bridgehead atoms. The van der Waals surface area contributed by atoms with Crippen molar-refractivity contribution in [1.29, 1.82) is 0 Å². The van der Waals surface area contributed by atoms with Crippen LogP contribution in [0.15, 0.2) is 11.6 Å². The highest BCUT2D eigenvalue weighted by molar-refractivity contribution is 7.09. The molecule has 1 saturated carbocycles. The zero-order chi connectivity index (χ0) is 16.4. The molecule has 1 fully saturated rings. The molecule has 0 aromatic carbocycles. The minimum atomic E-state index is -0.0909. The van der Waals surface area contributed by atoms with Gasteiger partial charge in [0.15, 0.2) is 0 Å². The molecule has 2 aromatic heterocycles. The molecule has 5 nitrogen and oxygen atoms in total. The SMILES string of the molecule is Cc1nc(C(C)NC(=O)c2cn(C)nc2C2CCCCC2)cs1. The number of thiazole rings is 1. The van der Waals surface area contributed by atoms with Crippen LogP contribution in [0.25, 0.3) is 0 Å². The van der Waals surface area contributed by atoms with Gasteiger partial charge in [0.05, 0.1) is 28.0 Å². The number of nitrogens with one attached hydrogen (secondary N) is 1. The largest absolute Gasteiger partial charge is 0.344 e. The summed E-state index contributed by atoms with van der Waals surface area (Å²) in [4.78, 5) is 17.2. The Morgan fingerprint density at radius 3 is 2.78 bits per heavy atom. The van der Waals surface area contributed by atoms with E-state index >= 15 is 0 Å². The number of hydrogen-bond donors (Lipinski definition) is 1. The van der Waals surface area contributed by atoms with Gasteiger partial charge in [0, 0.05) is 24.5 Å². The predicted octanol–water partition coefficient (Wildman–Crippen LogP) is 3.72. The normalized spacial score (nSPS) is 17.2. The molecule has 1 N–H and O–H groups in total. The number of carbonyl (C=O) groups excluding carboxylic acids is 1. The molecule has 0 spiro atoms. The molecule has 2 heterocycles. The average Bonchev–Trinajstić information content (AvgIpc) is 3.14. The molecule has 23 heavy (non-hydrogen) atoms. The maximum Gasteiger partial charge on any atom is 0.255 e. The van der Waals surface area contributed by atoms with E-state index in [4.69, 9.17) is 0 Å². The van der Waals surface area contributed by atoms with Gasteiger partial charge in [0.2, 0.25) is 0 Å². The number of hydrogen-bond acceptors (Lipinski definition) is 4. The van der Waals surface area contributed by atoms with Crippen molar-refractivity contribution in [3.8, 4) is 0 Å². The number of nitrogens with zero attached hydrogens (tertiary/aromatic N) is 3. The maximum atomic E-state index is 12.7. The second-order valence-electron chi connectivity index (χ2n) is 6.42. The van der Waals surface area contributed by atoms with Crippen molar-refractivity contribution < 1.29 is 4.79 Å². The summed E-state index contributed by atoms with van der Waals surface area (Å²) in [5, 5.41) is 10.7. The fourth-order valence-electron chi connectivity index (χ4n) is 3.29. The number of amides is 1. The van der Waals surface area contributed by atoms with Crippen molar-refractivity contribution in [1.82, 2.24) is 20.1 Å². The highest BCUT2D eigenvalue weighted by atomic mass is 32.1. The summed E-state index contributed by atoms with van der Waals surface area (Å²) >= 11 is 1.61. The summed E-state index contributed by atoms with van der Waals surface area (Å²) in [5.74, 6) is 0.374. The van der Waals surface area contributed by atoms with Gasteiger partial charge in [0.1, 0.15) is 0 Å². The molecule has 3 rings (SSSR count). The minimum Gasteiger partial charge on any atom is -0.344 e. The Labute approximate surface area is 141 Å². The first-order valence-electron chi connectivity index (χ1n) is 8.31. The number of rotatable bonds is 4. The predicted molar refractivity (Wildman–Crippen MR) is 91.8 cm³/mol. The van der Waals surface area contributed by atoms with E-state index in [0.29, 0.717) is 5.92 Å². The fraction of sp³-hybridized carbons (Fsp3) is 0.588. The highest BCUT2D eigenvalue weighted by Gasteiger charge is 2.25. The number of carbonyl (C=O) groups is 1. The lowest BCUT2D eigenvalue weighted by Gasteiger charge is -2.21. The van der Waals surface area contributed by atoms with Crippen molar-refractivity contribution in [3.05, 3.63) is 33.5 Å². The molecule has 1 atom stereocenters. The second-order valence-corrected chi connectivity index (χ2v) is 7.49. The van der Waals surface area contributed by atoms with Gasteiger partial charge in [0.25, 0.3) is 5.91 Å². The summed E-state index contributed by atoms with van der Waals surface area (Å²) in [6.07, 6.45) is 7.88. The molecule has 1 amide bonds. The number of aryl methyl sites for hydroxylation is 2. The van der Waals surface area contributed by atoms with E-state index in [0.717, 1.165) is 34.8 Å². The molecule has 2 aromatic rings. The lowest BCUT2D eigenvalue weighted by molar-refractivity contribution is 0.0937. The van der Waals surface area contributed by atoms with E-state index in [-0.39, 0.29) is 11.9 Å². The van der Waals surface area contributed by atoms with Crippen LogP contribution in [-0.4, -0.2) is 20.7 Å². The van der Waals surface area contributed by atoms with E-state index in [9.17, 15) is 4.79 Å². The van der Waals surface area contributed by atoms with Gasteiger partial charge in [-0.05, 0) is 26.7 Å². The summed E-state index contributed by atoms with van der Waals surface area (Å²) in [7, 11) is 1.89. The van der Waals surface area contributed by atoms with Crippen molar-refractivity contribution in [2.45, 2.75) is 57.9 Å². The average molecular weight is 332 g/mol. The van der Waals surface area contributed by atoms with E-state index in [1.165, 1.54) is 19.3 Å². The molecular formula is C17H24N4OS. The zero-order valence-electron chi connectivity index (χ0n) is 14.0. The summed E-state index contributed by atoms with van der Waals surface area (Å²) in [6, 6.07) is -0.0909. The van der Waals surface area contributed by atoms with Crippen LogP contribution in [0.5, 0.6) is 0 Å². The third-order valence-corrected chi connectivity index (χ3v) is 5.31. The minimum absolute atomic E-state index is 0.0446. The van der Waals surface area contributed by atoms with Crippen LogP contribution >= 0.6 is 11.3 Å². The van der Waals surface area contributed by atoms with E-state index in [2.05, 4.69) is 15.4 Å². The van der Waals surface area contributed by atoms with Crippen LogP contribution < -0.4 is 5.32 Å². The van der Waals surface area contributed by atoms with Gasteiger partial charge in [-0.1, -0.05) is 19.3 Å². The molecule has 0 aliphatic heterocycles. The van der Waals surface area contributed by atoms with Crippen LogP contribution in [0.2, 0.25) is 0 Å². The Bertz CT molecular complexity index is 685. The highest BCUT2D eigenvalue weighted by Crippen LogP contribution is 2.33. The summed E-state index contributed by atoms with van der Waals surface area (Å²) in [6.45, 7) is 3.95. The van der Waals surface area contributed by atoms with Crippen LogP contribution in [0.3, 0.4) is 0 Å². The second kappa shape index (κ2) is 6.83. The van der Waals surface area contributed by atoms with Crippen LogP contribution in [0.1, 0.15) is 77.7 Å². The Balaban J connectivity index is 1.76. The Kier molecular flexibility index (Phi) is 4.80. The van der Waals surface area contributed by atoms with E-state index in [1.54, 1.807) is 16.0 Å². The van der Waals surface area contributed by atoms with Crippen molar-refractivity contribution in [2.75, 3.05) is 0 Å². The van der Waals surface area contributed by atoms with Crippen LogP contribution in [0.4, 0.5) is 0 Å². The van der Waals surface area contributed by atoms with Gasteiger partial charge in [-0.15, -0.1) is 11.3 Å². The molecule has 1 aliphatic rings. The van der Waals surface area contributed by atoms with Gasteiger partial charge < -0.3 is 5.32 Å². The van der Waals surface area contributed by atoms with Crippen LogP contribution in [0, 0.1) is 6.92 Å². The molecule has 6 heteroatoms. The molecule has 1 unspecified atom stereocenters. The van der Waals surface area contributed by atoms with Crippen LogP contribution in [-0.2, 0) is 7.05 Å². The molecule has 124 valence electrons. The topological polar surface area (TPSA) is 59.8 Å². The zero-order valence-corrected chi connectivity index (χ0v) is 14.8.